The van der Waals surface area contributed by atoms with E-state index in [1.165, 1.54) is 11.4 Å². The second-order valence-corrected chi connectivity index (χ2v) is 8.17. The molecule has 1 saturated heterocycles. The number of carbonyl (C=O) groups excluding carboxylic acids is 1. The summed E-state index contributed by atoms with van der Waals surface area (Å²) in [6, 6.07) is 6.03. The number of likely N-dealkylation sites (N-methyl/N-ethyl adjacent to an activating group) is 1. The van der Waals surface area contributed by atoms with Gasteiger partial charge in [-0.2, -0.15) is 0 Å². The van der Waals surface area contributed by atoms with Crippen LogP contribution >= 0.6 is 0 Å². The smallest absolute Gasteiger partial charge is 0.246 e. The standard InChI is InChI=1S/C17H27N3O4S/c1-5-16(17(21)19-11-9-18(2)10-12-19)20(25(4,22)23)14-7-6-8-15(13-14)24-3/h6-8,13,16H,5,9-12H2,1-4H3/t16-/m0/s1. The minimum absolute atomic E-state index is 0.149. The highest BCUT2D eigenvalue weighted by molar-refractivity contribution is 7.92. The zero-order valence-electron chi connectivity index (χ0n) is 15.3. The van der Waals surface area contributed by atoms with Crippen molar-refractivity contribution in [2.24, 2.45) is 0 Å². The third-order valence-corrected chi connectivity index (χ3v) is 5.61. The third-order valence-electron chi connectivity index (χ3n) is 4.43. The van der Waals surface area contributed by atoms with Crippen molar-refractivity contribution in [2.45, 2.75) is 19.4 Å². The second-order valence-electron chi connectivity index (χ2n) is 6.31. The Morgan fingerprint density at radius 3 is 2.44 bits per heavy atom. The summed E-state index contributed by atoms with van der Waals surface area (Å²) in [7, 11) is -0.0924. The highest BCUT2D eigenvalue weighted by Crippen LogP contribution is 2.27. The molecule has 1 atom stereocenters. The molecule has 0 bridgehead atoms. The summed E-state index contributed by atoms with van der Waals surface area (Å²) < 4.78 is 31.4. The van der Waals surface area contributed by atoms with Crippen LogP contribution in [0, 0.1) is 0 Å². The van der Waals surface area contributed by atoms with Crippen LogP contribution in [-0.2, 0) is 14.8 Å². The van der Waals surface area contributed by atoms with Gasteiger partial charge in [0.25, 0.3) is 0 Å². The summed E-state index contributed by atoms with van der Waals surface area (Å²) in [5.41, 5.74) is 0.441. The van der Waals surface area contributed by atoms with Gasteiger partial charge in [0.1, 0.15) is 11.8 Å². The monoisotopic (exact) mass is 369 g/mol. The Bertz CT molecular complexity index is 700. The fourth-order valence-corrected chi connectivity index (χ4v) is 4.23. The largest absolute Gasteiger partial charge is 0.497 e. The molecule has 1 aromatic carbocycles. The van der Waals surface area contributed by atoms with E-state index in [0.717, 1.165) is 19.3 Å². The van der Waals surface area contributed by atoms with E-state index in [1.807, 2.05) is 14.0 Å². The predicted molar refractivity (Wildman–Crippen MR) is 98.5 cm³/mol. The first kappa shape index (κ1) is 19.5. The van der Waals surface area contributed by atoms with Crippen molar-refractivity contribution in [1.29, 1.82) is 0 Å². The van der Waals surface area contributed by atoms with Gasteiger partial charge < -0.3 is 14.5 Å². The Morgan fingerprint density at radius 2 is 1.92 bits per heavy atom. The van der Waals surface area contributed by atoms with E-state index in [4.69, 9.17) is 4.74 Å². The van der Waals surface area contributed by atoms with Gasteiger partial charge in [-0.05, 0) is 25.6 Å². The van der Waals surface area contributed by atoms with E-state index in [9.17, 15) is 13.2 Å². The Balaban J connectivity index is 2.35. The molecule has 1 aromatic rings. The molecule has 0 saturated carbocycles. The predicted octanol–water partition coefficient (Wildman–Crippen LogP) is 1.01. The van der Waals surface area contributed by atoms with Crippen LogP contribution in [0.5, 0.6) is 5.75 Å². The molecule has 8 heteroatoms. The molecule has 1 aliphatic rings. The Morgan fingerprint density at radius 1 is 1.28 bits per heavy atom. The maximum Gasteiger partial charge on any atom is 0.246 e. The van der Waals surface area contributed by atoms with E-state index < -0.39 is 16.1 Å². The minimum Gasteiger partial charge on any atom is -0.497 e. The SMILES string of the molecule is CC[C@@H](C(=O)N1CCN(C)CC1)N(c1cccc(OC)c1)S(C)(=O)=O. The number of carbonyl (C=O) groups is 1. The van der Waals surface area contributed by atoms with Crippen molar-refractivity contribution in [3.63, 3.8) is 0 Å². The summed E-state index contributed by atoms with van der Waals surface area (Å²) in [6.45, 7) is 4.64. The lowest BCUT2D eigenvalue weighted by Gasteiger charge is -2.37. The molecule has 1 heterocycles. The van der Waals surface area contributed by atoms with Crippen LogP contribution in [0.15, 0.2) is 24.3 Å². The van der Waals surface area contributed by atoms with Gasteiger partial charge in [0, 0.05) is 32.2 Å². The molecule has 1 amide bonds. The van der Waals surface area contributed by atoms with Gasteiger partial charge in [-0.25, -0.2) is 8.42 Å². The van der Waals surface area contributed by atoms with E-state index in [2.05, 4.69) is 4.90 Å². The highest BCUT2D eigenvalue weighted by atomic mass is 32.2. The molecule has 7 nitrogen and oxygen atoms in total. The number of anilines is 1. The fourth-order valence-electron chi connectivity index (χ4n) is 3.03. The zero-order valence-corrected chi connectivity index (χ0v) is 16.1. The fraction of sp³-hybridized carbons (Fsp3) is 0.588. The average Bonchev–Trinajstić information content (AvgIpc) is 2.58. The van der Waals surface area contributed by atoms with Crippen molar-refractivity contribution in [3.8, 4) is 5.75 Å². The molecule has 25 heavy (non-hydrogen) atoms. The summed E-state index contributed by atoms with van der Waals surface area (Å²) in [5, 5.41) is 0. The molecule has 1 aliphatic heterocycles. The Kier molecular flexibility index (Phi) is 6.29. The molecular weight excluding hydrogens is 342 g/mol. The zero-order chi connectivity index (χ0) is 18.6. The van der Waals surface area contributed by atoms with Crippen molar-refractivity contribution in [1.82, 2.24) is 9.80 Å². The molecule has 0 spiro atoms. The first-order valence-corrected chi connectivity index (χ1v) is 10.2. The van der Waals surface area contributed by atoms with Crippen molar-refractivity contribution in [2.75, 3.05) is 50.9 Å². The lowest BCUT2D eigenvalue weighted by Crippen LogP contribution is -2.55. The Labute approximate surface area is 150 Å². The van der Waals surface area contributed by atoms with Crippen molar-refractivity contribution in [3.05, 3.63) is 24.3 Å². The van der Waals surface area contributed by atoms with Crippen LogP contribution < -0.4 is 9.04 Å². The van der Waals surface area contributed by atoms with E-state index in [1.54, 1.807) is 29.2 Å². The second kappa shape index (κ2) is 8.05. The molecular formula is C17H27N3O4S. The number of nitrogens with zero attached hydrogens (tertiary/aromatic N) is 3. The number of hydrogen-bond donors (Lipinski definition) is 0. The topological polar surface area (TPSA) is 70.2 Å². The van der Waals surface area contributed by atoms with E-state index in [-0.39, 0.29) is 5.91 Å². The Hall–Kier alpha value is -1.80. The number of benzene rings is 1. The lowest BCUT2D eigenvalue weighted by atomic mass is 10.1. The molecule has 0 N–H and O–H groups in total. The molecule has 140 valence electrons. The summed E-state index contributed by atoms with van der Waals surface area (Å²) in [6.07, 6.45) is 1.53. The summed E-state index contributed by atoms with van der Waals surface area (Å²) in [4.78, 5) is 16.9. The van der Waals surface area contributed by atoms with Crippen molar-refractivity contribution < 1.29 is 17.9 Å². The van der Waals surface area contributed by atoms with Gasteiger partial charge in [-0.15, -0.1) is 0 Å². The van der Waals surface area contributed by atoms with Crippen LogP contribution in [0.1, 0.15) is 13.3 Å². The molecule has 0 aliphatic carbocycles. The van der Waals surface area contributed by atoms with Gasteiger partial charge in [0.05, 0.1) is 19.1 Å². The maximum atomic E-state index is 13.0. The maximum absolute atomic E-state index is 13.0. The van der Waals surface area contributed by atoms with Crippen LogP contribution in [0.2, 0.25) is 0 Å². The van der Waals surface area contributed by atoms with Gasteiger partial charge in [-0.1, -0.05) is 13.0 Å². The molecule has 0 unspecified atom stereocenters. The normalized spacial score (nSPS) is 17.2. The number of hydrogen-bond acceptors (Lipinski definition) is 5. The van der Waals surface area contributed by atoms with Gasteiger partial charge in [-0.3, -0.25) is 9.10 Å². The van der Waals surface area contributed by atoms with Crippen LogP contribution in [0.25, 0.3) is 0 Å². The molecule has 0 aromatic heterocycles. The lowest BCUT2D eigenvalue weighted by molar-refractivity contribution is -0.134. The van der Waals surface area contributed by atoms with Gasteiger partial charge in [0.2, 0.25) is 15.9 Å². The number of sulfonamides is 1. The van der Waals surface area contributed by atoms with Crippen LogP contribution in [0.4, 0.5) is 5.69 Å². The van der Waals surface area contributed by atoms with Crippen LogP contribution in [0.3, 0.4) is 0 Å². The quantitative estimate of drug-likeness (QED) is 0.749. The molecule has 2 rings (SSSR count). The van der Waals surface area contributed by atoms with Gasteiger partial charge in [0.15, 0.2) is 0 Å². The van der Waals surface area contributed by atoms with E-state index in [0.29, 0.717) is 30.9 Å². The average molecular weight is 369 g/mol. The van der Waals surface area contributed by atoms with E-state index >= 15 is 0 Å². The third kappa shape index (κ3) is 4.64. The highest BCUT2D eigenvalue weighted by Gasteiger charge is 2.35. The summed E-state index contributed by atoms with van der Waals surface area (Å²) in [5.74, 6) is 0.400. The van der Waals surface area contributed by atoms with Gasteiger partial charge >= 0.3 is 0 Å². The number of piperazine rings is 1. The first-order valence-electron chi connectivity index (χ1n) is 8.38. The van der Waals surface area contributed by atoms with Crippen LogP contribution in [-0.4, -0.2) is 76.8 Å². The molecule has 1 fully saturated rings. The number of ether oxygens (including phenoxy) is 1. The number of amides is 1. The number of rotatable bonds is 6. The molecule has 0 radical (unpaired) electrons. The number of methoxy groups -OCH3 is 1. The van der Waals surface area contributed by atoms with Crippen molar-refractivity contribution >= 4 is 21.6 Å². The summed E-state index contributed by atoms with van der Waals surface area (Å²) >= 11 is 0. The minimum atomic E-state index is -3.63. The first-order chi connectivity index (χ1) is 11.8.